The lowest BCUT2D eigenvalue weighted by Gasteiger charge is -2.20. The largest absolute Gasteiger partial charge is 0.382 e. The van der Waals surface area contributed by atoms with Crippen LogP contribution in [0.2, 0.25) is 0 Å². The fourth-order valence-corrected chi connectivity index (χ4v) is 1.63. The molecule has 0 bridgehead atoms. The highest BCUT2D eigenvalue weighted by atomic mass is 16.5. The highest BCUT2D eigenvalue weighted by Crippen LogP contribution is 2.05. The van der Waals surface area contributed by atoms with Gasteiger partial charge in [-0.3, -0.25) is 4.68 Å². The van der Waals surface area contributed by atoms with E-state index in [1.807, 2.05) is 10.9 Å². The molecule has 1 heterocycles. The van der Waals surface area contributed by atoms with Gasteiger partial charge in [-0.25, -0.2) is 0 Å². The van der Waals surface area contributed by atoms with Crippen LogP contribution in [0.5, 0.6) is 0 Å². The zero-order valence-electron chi connectivity index (χ0n) is 12.6. The Kier molecular flexibility index (Phi) is 7.05. The summed E-state index contributed by atoms with van der Waals surface area (Å²) in [4.78, 5) is 0. The van der Waals surface area contributed by atoms with Crippen LogP contribution in [0, 0.1) is 0 Å². The Morgan fingerprint density at radius 3 is 2.74 bits per heavy atom. The molecule has 19 heavy (non-hydrogen) atoms. The second-order valence-electron chi connectivity index (χ2n) is 5.61. The van der Waals surface area contributed by atoms with E-state index in [1.54, 1.807) is 7.11 Å². The number of nitrogens with one attached hydrogen (secondary N) is 1. The van der Waals surface area contributed by atoms with Crippen LogP contribution >= 0.6 is 0 Å². The van der Waals surface area contributed by atoms with Gasteiger partial charge in [-0.05, 0) is 33.3 Å². The molecule has 1 rings (SSSR count). The van der Waals surface area contributed by atoms with Crippen LogP contribution < -0.4 is 5.32 Å². The van der Waals surface area contributed by atoms with Crippen LogP contribution in [0.15, 0.2) is 12.3 Å². The van der Waals surface area contributed by atoms with Crippen LogP contribution in [-0.2, 0) is 22.6 Å². The molecule has 0 aromatic carbocycles. The van der Waals surface area contributed by atoms with Gasteiger partial charge in [-0.1, -0.05) is 0 Å². The molecule has 1 N–H and O–H groups in total. The van der Waals surface area contributed by atoms with Crippen LogP contribution in [0.1, 0.15) is 32.9 Å². The first kappa shape index (κ1) is 16.1. The minimum Gasteiger partial charge on any atom is -0.382 e. The zero-order valence-corrected chi connectivity index (χ0v) is 12.6. The third kappa shape index (κ3) is 7.30. The smallest absolute Gasteiger partial charge is 0.0700 e. The maximum atomic E-state index is 5.44. The molecule has 5 heteroatoms. The Labute approximate surface area is 116 Å². The van der Waals surface area contributed by atoms with Crippen LogP contribution in [-0.4, -0.2) is 42.2 Å². The fraction of sp³-hybridized carbons (Fsp3) is 0.786. The van der Waals surface area contributed by atoms with Crippen LogP contribution in [0.3, 0.4) is 0 Å². The van der Waals surface area contributed by atoms with Gasteiger partial charge in [-0.2, -0.15) is 5.10 Å². The summed E-state index contributed by atoms with van der Waals surface area (Å²) < 4.78 is 12.4. The molecule has 0 fully saturated rings. The summed E-state index contributed by atoms with van der Waals surface area (Å²) in [5.74, 6) is 0. The van der Waals surface area contributed by atoms with E-state index < -0.39 is 0 Å². The van der Waals surface area contributed by atoms with Crippen molar-refractivity contribution in [2.45, 2.75) is 45.8 Å². The van der Waals surface area contributed by atoms with E-state index in [0.717, 1.165) is 26.1 Å². The third-order valence-electron chi connectivity index (χ3n) is 2.69. The SMILES string of the molecule is COCCOCCCn1nccc1CNC(C)(C)C. The van der Waals surface area contributed by atoms with Crippen molar-refractivity contribution >= 4 is 0 Å². The summed E-state index contributed by atoms with van der Waals surface area (Å²) in [5, 5.41) is 7.82. The first-order chi connectivity index (χ1) is 9.03. The summed E-state index contributed by atoms with van der Waals surface area (Å²) >= 11 is 0. The minimum atomic E-state index is 0.123. The average Bonchev–Trinajstić information content (AvgIpc) is 2.78. The number of aryl methyl sites for hydroxylation is 1. The van der Waals surface area contributed by atoms with Crippen molar-refractivity contribution < 1.29 is 9.47 Å². The van der Waals surface area contributed by atoms with Gasteiger partial charge in [0, 0.05) is 38.5 Å². The van der Waals surface area contributed by atoms with Gasteiger partial charge in [0.2, 0.25) is 0 Å². The highest BCUT2D eigenvalue weighted by molar-refractivity contribution is 5.00. The molecule has 0 saturated heterocycles. The predicted molar refractivity (Wildman–Crippen MR) is 76.1 cm³/mol. The number of rotatable bonds is 9. The highest BCUT2D eigenvalue weighted by Gasteiger charge is 2.10. The molecule has 0 unspecified atom stereocenters. The van der Waals surface area contributed by atoms with E-state index in [4.69, 9.17) is 9.47 Å². The van der Waals surface area contributed by atoms with Crippen molar-refractivity contribution in [1.82, 2.24) is 15.1 Å². The molecule has 0 amide bonds. The Bertz CT molecular complexity index is 345. The lowest BCUT2D eigenvalue weighted by atomic mass is 10.1. The van der Waals surface area contributed by atoms with E-state index in [2.05, 4.69) is 37.3 Å². The van der Waals surface area contributed by atoms with Gasteiger partial charge in [0.1, 0.15) is 0 Å². The molecule has 1 aromatic heterocycles. The molecular weight excluding hydrogens is 242 g/mol. The van der Waals surface area contributed by atoms with Gasteiger partial charge in [0.25, 0.3) is 0 Å². The predicted octanol–water partition coefficient (Wildman–Crippen LogP) is 1.82. The standard InChI is InChI=1S/C14H27N3O2/c1-14(2,3)15-12-13-6-7-16-17(13)8-5-9-19-11-10-18-4/h6-7,15H,5,8-12H2,1-4H3. The van der Waals surface area contributed by atoms with Gasteiger partial charge in [0.05, 0.1) is 18.9 Å². The minimum absolute atomic E-state index is 0.123. The fourth-order valence-electron chi connectivity index (χ4n) is 1.63. The zero-order chi connectivity index (χ0) is 14.1. The molecule has 0 spiro atoms. The van der Waals surface area contributed by atoms with Crippen molar-refractivity contribution in [3.8, 4) is 0 Å². The molecule has 0 aliphatic heterocycles. The van der Waals surface area contributed by atoms with Gasteiger partial charge in [-0.15, -0.1) is 0 Å². The Morgan fingerprint density at radius 1 is 1.26 bits per heavy atom. The van der Waals surface area contributed by atoms with Gasteiger partial charge < -0.3 is 14.8 Å². The van der Waals surface area contributed by atoms with Crippen molar-refractivity contribution in [3.63, 3.8) is 0 Å². The first-order valence-electron chi connectivity index (χ1n) is 6.85. The van der Waals surface area contributed by atoms with Crippen LogP contribution in [0.4, 0.5) is 0 Å². The molecule has 0 radical (unpaired) electrons. The summed E-state index contributed by atoms with van der Waals surface area (Å²) in [6.07, 6.45) is 2.82. The normalized spacial score (nSPS) is 12.0. The van der Waals surface area contributed by atoms with Gasteiger partial charge in [0.15, 0.2) is 0 Å². The monoisotopic (exact) mass is 269 g/mol. The number of hydrogen-bond acceptors (Lipinski definition) is 4. The number of hydrogen-bond donors (Lipinski definition) is 1. The summed E-state index contributed by atoms with van der Waals surface area (Å²) in [6.45, 7) is 10.3. The summed E-state index contributed by atoms with van der Waals surface area (Å²) in [7, 11) is 1.68. The van der Waals surface area contributed by atoms with Crippen molar-refractivity contribution in [2.24, 2.45) is 0 Å². The average molecular weight is 269 g/mol. The van der Waals surface area contributed by atoms with Crippen molar-refractivity contribution in [1.29, 1.82) is 0 Å². The number of nitrogens with zero attached hydrogens (tertiary/aromatic N) is 2. The quantitative estimate of drug-likeness (QED) is 0.695. The van der Waals surface area contributed by atoms with Gasteiger partial charge >= 0.3 is 0 Å². The van der Waals surface area contributed by atoms with Crippen molar-refractivity contribution in [3.05, 3.63) is 18.0 Å². The Morgan fingerprint density at radius 2 is 2.05 bits per heavy atom. The second kappa shape index (κ2) is 8.30. The first-order valence-corrected chi connectivity index (χ1v) is 6.85. The Balaban J connectivity index is 2.25. The number of methoxy groups -OCH3 is 1. The molecule has 0 atom stereocenters. The lowest BCUT2D eigenvalue weighted by molar-refractivity contribution is 0.0676. The summed E-state index contributed by atoms with van der Waals surface area (Å²) in [5.41, 5.74) is 1.34. The molecule has 5 nitrogen and oxygen atoms in total. The van der Waals surface area contributed by atoms with Crippen molar-refractivity contribution in [2.75, 3.05) is 26.9 Å². The lowest BCUT2D eigenvalue weighted by Crippen LogP contribution is -2.35. The molecule has 0 aliphatic carbocycles. The second-order valence-corrected chi connectivity index (χ2v) is 5.61. The third-order valence-corrected chi connectivity index (χ3v) is 2.69. The number of ether oxygens (including phenoxy) is 2. The van der Waals surface area contributed by atoms with E-state index in [0.29, 0.717) is 13.2 Å². The topological polar surface area (TPSA) is 48.3 Å². The van der Waals surface area contributed by atoms with Crippen LogP contribution in [0.25, 0.3) is 0 Å². The maximum Gasteiger partial charge on any atom is 0.0700 e. The molecule has 0 saturated carbocycles. The Hall–Kier alpha value is -0.910. The molecule has 0 aliphatic rings. The number of aromatic nitrogens is 2. The molecule has 110 valence electrons. The summed E-state index contributed by atoms with van der Waals surface area (Å²) in [6, 6.07) is 2.06. The van der Waals surface area contributed by atoms with E-state index in [-0.39, 0.29) is 5.54 Å². The molecule has 1 aromatic rings. The van der Waals surface area contributed by atoms with E-state index in [9.17, 15) is 0 Å². The van der Waals surface area contributed by atoms with E-state index in [1.165, 1.54) is 5.69 Å². The molecular formula is C14H27N3O2. The van der Waals surface area contributed by atoms with E-state index >= 15 is 0 Å². The maximum absolute atomic E-state index is 5.44.